The fraction of sp³-hybridized carbons (Fsp3) is 0.680. The Bertz CT molecular complexity index is 692. The Morgan fingerprint density at radius 3 is 2.27 bits per heavy atom. The van der Waals surface area contributed by atoms with Crippen LogP contribution in [-0.2, 0) is 4.79 Å². The molecule has 1 aromatic carbocycles. The first-order valence-electron chi connectivity index (χ1n) is 12.2. The van der Waals surface area contributed by atoms with Crippen molar-refractivity contribution in [2.75, 3.05) is 36.4 Å². The molecule has 2 amide bonds. The number of nitrogens with one attached hydrogen (secondary N) is 1. The Kier molecular flexibility index (Phi) is 9.03. The van der Waals surface area contributed by atoms with Gasteiger partial charge in [0.15, 0.2) is 0 Å². The van der Waals surface area contributed by atoms with E-state index < -0.39 is 0 Å². The fourth-order valence-electron chi connectivity index (χ4n) is 4.58. The molecule has 166 valence electrons. The van der Waals surface area contributed by atoms with E-state index in [1.807, 2.05) is 23.1 Å². The molecule has 2 aliphatic heterocycles. The van der Waals surface area contributed by atoms with Crippen LogP contribution < -0.4 is 10.2 Å². The summed E-state index contributed by atoms with van der Waals surface area (Å²) in [5, 5.41) is 3.03. The highest BCUT2D eigenvalue weighted by Crippen LogP contribution is 2.29. The molecule has 2 heterocycles. The Morgan fingerprint density at radius 1 is 0.867 bits per heavy atom. The molecule has 5 heteroatoms. The molecule has 2 saturated heterocycles. The van der Waals surface area contributed by atoms with E-state index in [-0.39, 0.29) is 11.8 Å². The lowest BCUT2D eigenvalue weighted by atomic mass is 10.0. The van der Waals surface area contributed by atoms with Crippen molar-refractivity contribution in [3.63, 3.8) is 0 Å². The van der Waals surface area contributed by atoms with Crippen LogP contribution in [0.2, 0.25) is 0 Å². The zero-order chi connectivity index (χ0) is 21.2. The molecular formula is C25H39N3O2. The van der Waals surface area contributed by atoms with E-state index in [0.29, 0.717) is 6.42 Å². The molecule has 0 atom stereocenters. The van der Waals surface area contributed by atoms with Crippen molar-refractivity contribution in [2.45, 2.75) is 84.0 Å². The van der Waals surface area contributed by atoms with Crippen molar-refractivity contribution in [2.24, 2.45) is 0 Å². The van der Waals surface area contributed by atoms with Gasteiger partial charge in [0.25, 0.3) is 5.91 Å². The highest BCUT2D eigenvalue weighted by Gasteiger charge is 2.25. The number of amides is 2. The monoisotopic (exact) mass is 413 g/mol. The van der Waals surface area contributed by atoms with Crippen LogP contribution >= 0.6 is 0 Å². The molecule has 2 aliphatic rings. The fourth-order valence-corrected chi connectivity index (χ4v) is 4.58. The van der Waals surface area contributed by atoms with E-state index in [4.69, 9.17) is 0 Å². The summed E-state index contributed by atoms with van der Waals surface area (Å²) in [4.78, 5) is 29.9. The van der Waals surface area contributed by atoms with Crippen LogP contribution in [0.25, 0.3) is 0 Å². The van der Waals surface area contributed by atoms with Crippen molar-refractivity contribution >= 4 is 23.2 Å². The molecule has 0 aromatic heterocycles. The SMILES string of the molecule is CCCCCCCCC(=O)Nc1ccc(N2CCCCC2)c(C(=O)N2CCCC2)c1. The summed E-state index contributed by atoms with van der Waals surface area (Å²) in [6, 6.07) is 5.91. The van der Waals surface area contributed by atoms with Gasteiger partial charge in [0.05, 0.1) is 5.56 Å². The number of hydrogen-bond donors (Lipinski definition) is 1. The Balaban J connectivity index is 1.64. The minimum Gasteiger partial charge on any atom is -0.371 e. The molecular weight excluding hydrogens is 374 g/mol. The third kappa shape index (κ3) is 6.48. The standard InChI is InChI=1S/C25H39N3O2/c1-2-3-4-5-6-8-13-24(29)26-21-14-15-23(27-16-9-7-10-17-27)22(20-21)25(30)28-18-11-12-19-28/h14-15,20H,2-13,16-19H2,1H3,(H,26,29). The van der Waals surface area contributed by atoms with Gasteiger partial charge in [-0.25, -0.2) is 0 Å². The molecule has 3 rings (SSSR count). The zero-order valence-electron chi connectivity index (χ0n) is 18.8. The largest absolute Gasteiger partial charge is 0.371 e. The maximum absolute atomic E-state index is 13.2. The lowest BCUT2D eigenvalue weighted by Crippen LogP contribution is -2.34. The van der Waals surface area contributed by atoms with Gasteiger partial charge < -0.3 is 15.1 Å². The molecule has 0 unspecified atom stereocenters. The van der Waals surface area contributed by atoms with E-state index in [1.165, 1.54) is 44.9 Å². The summed E-state index contributed by atoms with van der Waals surface area (Å²) in [6.07, 6.45) is 13.4. The van der Waals surface area contributed by atoms with Gasteiger partial charge in [0.2, 0.25) is 5.91 Å². The number of carbonyl (C=O) groups excluding carboxylic acids is 2. The van der Waals surface area contributed by atoms with E-state index in [1.54, 1.807) is 0 Å². The number of anilines is 2. The molecule has 0 saturated carbocycles. The van der Waals surface area contributed by atoms with E-state index in [9.17, 15) is 9.59 Å². The first-order chi connectivity index (χ1) is 14.7. The summed E-state index contributed by atoms with van der Waals surface area (Å²) in [7, 11) is 0. The topological polar surface area (TPSA) is 52.7 Å². The van der Waals surface area contributed by atoms with Crippen molar-refractivity contribution in [1.82, 2.24) is 4.90 Å². The summed E-state index contributed by atoms with van der Waals surface area (Å²) >= 11 is 0. The minimum atomic E-state index is 0.0517. The molecule has 2 fully saturated rings. The Morgan fingerprint density at radius 2 is 1.53 bits per heavy atom. The number of nitrogens with zero attached hydrogens (tertiary/aromatic N) is 2. The van der Waals surface area contributed by atoms with E-state index in [2.05, 4.69) is 17.1 Å². The number of piperidine rings is 1. The first-order valence-corrected chi connectivity index (χ1v) is 12.2. The highest BCUT2D eigenvalue weighted by atomic mass is 16.2. The minimum absolute atomic E-state index is 0.0517. The van der Waals surface area contributed by atoms with Crippen LogP contribution in [0.4, 0.5) is 11.4 Å². The van der Waals surface area contributed by atoms with Gasteiger partial charge in [-0.3, -0.25) is 9.59 Å². The van der Waals surface area contributed by atoms with Crippen LogP contribution in [0.15, 0.2) is 18.2 Å². The van der Waals surface area contributed by atoms with Crippen molar-refractivity contribution in [1.29, 1.82) is 0 Å². The maximum Gasteiger partial charge on any atom is 0.256 e. The average molecular weight is 414 g/mol. The van der Waals surface area contributed by atoms with Gasteiger partial charge in [-0.1, -0.05) is 39.0 Å². The Labute approximate surface area is 182 Å². The number of benzene rings is 1. The maximum atomic E-state index is 13.2. The molecule has 1 aromatic rings. The molecule has 5 nitrogen and oxygen atoms in total. The molecule has 0 spiro atoms. The van der Waals surface area contributed by atoms with Gasteiger partial charge in [-0.05, 0) is 56.7 Å². The Hall–Kier alpha value is -2.04. The summed E-state index contributed by atoms with van der Waals surface area (Å²) in [5.74, 6) is 0.163. The van der Waals surface area contributed by atoms with Crippen LogP contribution in [-0.4, -0.2) is 42.9 Å². The van der Waals surface area contributed by atoms with Crippen LogP contribution in [0.5, 0.6) is 0 Å². The normalized spacial score (nSPS) is 16.7. The van der Waals surface area contributed by atoms with Gasteiger partial charge in [0.1, 0.15) is 0 Å². The third-order valence-electron chi connectivity index (χ3n) is 6.36. The summed E-state index contributed by atoms with van der Waals surface area (Å²) in [6.45, 7) is 5.90. The number of unbranched alkanes of at least 4 members (excludes halogenated alkanes) is 5. The van der Waals surface area contributed by atoms with Gasteiger partial charge in [0, 0.05) is 44.0 Å². The lowest BCUT2D eigenvalue weighted by molar-refractivity contribution is -0.116. The second kappa shape index (κ2) is 12.0. The quantitative estimate of drug-likeness (QED) is 0.508. The zero-order valence-corrected chi connectivity index (χ0v) is 18.8. The molecule has 1 N–H and O–H groups in total. The number of likely N-dealkylation sites (tertiary alicyclic amines) is 1. The number of hydrogen-bond acceptors (Lipinski definition) is 3. The summed E-state index contributed by atoms with van der Waals surface area (Å²) < 4.78 is 0. The first kappa shape index (κ1) is 22.6. The predicted molar refractivity (Wildman–Crippen MR) is 124 cm³/mol. The second-order valence-corrected chi connectivity index (χ2v) is 8.84. The number of carbonyl (C=O) groups is 2. The third-order valence-corrected chi connectivity index (χ3v) is 6.36. The van der Waals surface area contributed by atoms with E-state index >= 15 is 0 Å². The van der Waals surface area contributed by atoms with Crippen LogP contribution in [0.1, 0.15) is 94.3 Å². The number of rotatable bonds is 10. The van der Waals surface area contributed by atoms with Crippen LogP contribution in [0, 0.1) is 0 Å². The average Bonchev–Trinajstić information content (AvgIpc) is 3.31. The van der Waals surface area contributed by atoms with Gasteiger partial charge in [-0.2, -0.15) is 0 Å². The molecule has 0 radical (unpaired) electrons. The molecule has 30 heavy (non-hydrogen) atoms. The summed E-state index contributed by atoms with van der Waals surface area (Å²) in [5.41, 5.74) is 2.52. The van der Waals surface area contributed by atoms with Crippen molar-refractivity contribution in [3.8, 4) is 0 Å². The van der Waals surface area contributed by atoms with Gasteiger partial charge in [-0.15, -0.1) is 0 Å². The predicted octanol–water partition coefficient (Wildman–Crippen LogP) is 5.60. The van der Waals surface area contributed by atoms with Gasteiger partial charge >= 0.3 is 0 Å². The lowest BCUT2D eigenvalue weighted by Gasteiger charge is -2.31. The smallest absolute Gasteiger partial charge is 0.256 e. The highest BCUT2D eigenvalue weighted by molar-refractivity contribution is 6.02. The molecule has 0 aliphatic carbocycles. The molecule has 0 bridgehead atoms. The van der Waals surface area contributed by atoms with Crippen molar-refractivity contribution in [3.05, 3.63) is 23.8 Å². The second-order valence-electron chi connectivity index (χ2n) is 8.84. The van der Waals surface area contributed by atoms with E-state index in [0.717, 1.165) is 68.8 Å². The van der Waals surface area contributed by atoms with Crippen molar-refractivity contribution < 1.29 is 9.59 Å². The van der Waals surface area contributed by atoms with Crippen LogP contribution in [0.3, 0.4) is 0 Å².